The summed E-state index contributed by atoms with van der Waals surface area (Å²) in [4.78, 5) is 22.5. The molecule has 0 aromatic heterocycles. The van der Waals surface area contributed by atoms with Crippen LogP contribution in [0.5, 0.6) is 0 Å². The van der Waals surface area contributed by atoms with Gasteiger partial charge in [0.05, 0.1) is 0 Å². The van der Waals surface area contributed by atoms with Gasteiger partial charge in [0.2, 0.25) is 5.91 Å². The summed E-state index contributed by atoms with van der Waals surface area (Å²) in [7, 11) is 0. The van der Waals surface area contributed by atoms with Crippen LogP contribution in [0.4, 0.5) is 0 Å². The van der Waals surface area contributed by atoms with Gasteiger partial charge in [-0.1, -0.05) is 0 Å². The Kier molecular flexibility index (Phi) is 2.64. The molecule has 0 fully saturated rings. The van der Waals surface area contributed by atoms with Crippen LogP contribution in [0.15, 0.2) is 12.2 Å². The number of amides is 1. The third-order valence-electron chi connectivity index (χ3n) is 1.79. The SMILES string of the molecule is NCC(C(=O)O)N1C(=O)C=CC1O. The minimum atomic E-state index is -1.22. The Morgan fingerprint density at radius 1 is 1.77 bits per heavy atom. The molecule has 1 aliphatic heterocycles. The van der Waals surface area contributed by atoms with Gasteiger partial charge in [-0.3, -0.25) is 9.69 Å². The molecule has 0 aliphatic carbocycles. The summed E-state index contributed by atoms with van der Waals surface area (Å²) in [6.07, 6.45) is 1.15. The molecule has 4 N–H and O–H groups in total. The number of nitrogens with zero attached hydrogens (tertiary/aromatic N) is 1. The van der Waals surface area contributed by atoms with Gasteiger partial charge in [-0.2, -0.15) is 0 Å². The number of nitrogens with two attached hydrogens (primary N) is 1. The highest BCUT2D eigenvalue weighted by Crippen LogP contribution is 2.12. The zero-order valence-electron chi connectivity index (χ0n) is 6.75. The summed E-state index contributed by atoms with van der Waals surface area (Å²) in [5.41, 5.74) is 5.16. The summed E-state index contributed by atoms with van der Waals surface area (Å²) in [5.74, 6) is -1.76. The lowest BCUT2D eigenvalue weighted by Gasteiger charge is -2.26. The molecule has 0 bridgehead atoms. The lowest BCUT2D eigenvalue weighted by atomic mass is 10.2. The zero-order valence-corrected chi connectivity index (χ0v) is 6.75. The molecule has 2 atom stereocenters. The van der Waals surface area contributed by atoms with Crippen molar-refractivity contribution in [3.63, 3.8) is 0 Å². The lowest BCUT2D eigenvalue weighted by molar-refractivity contribution is -0.152. The Hall–Kier alpha value is -1.40. The number of carboxylic acids is 1. The molecule has 0 spiro atoms. The molecule has 2 unspecified atom stereocenters. The van der Waals surface area contributed by atoms with E-state index in [1.165, 1.54) is 6.08 Å². The molecule has 0 aromatic carbocycles. The average Bonchev–Trinajstić information content (AvgIpc) is 2.36. The van der Waals surface area contributed by atoms with Gasteiger partial charge in [-0.15, -0.1) is 0 Å². The molecule has 0 radical (unpaired) electrons. The molecule has 1 aliphatic rings. The fraction of sp³-hybridized carbons (Fsp3) is 0.429. The molecular formula is C7H10N2O4. The summed E-state index contributed by atoms with van der Waals surface area (Å²) < 4.78 is 0. The topological polar surface area (TPSA) is 104 Å². The molecule has 72 valence electrons. The van der Waals surface area contributed by atoms with Gasteiger partial charge in [-0.25, -0.2) is 4.79 Å². The molecule has 0 saturated heterocycles. The second-order valence-corrected chi connectivity index (χ2v) is 2.61. The number of carboxylic acid groups (broad SMARTS) is 1. The molecule has 13 heavy (non-hydrogen) atoms. The Balaban J connectivity index is 2.80. The van der Waals surface area contributed by atoms with E-state index in [0.29, 0.717) is 0 Å². The molecule has 6 nitrogen and oxygen atoms in total. The maximum absolute atomic E-state index is 11.0. The van der Waals surface area contributed by atoms with Crippen molar-refractivity contribution < 1.29 is 19.8 Å². The zero-order chi connectivity index (χ0) is 10.0. The number of aliphatic carboxylic acids is 1. The predicted molar refractivity (Wildman–Crippen MR) is 42.5 cm³/mol. The van der Waals surface area contributed by atoms with Crippen LogP contribution in [0, 0.1) is 0 Å². The summed E-state index contributed by atoms with van der Waals surface area (Å²) in [5, 5.41) is 17.9. The standard InChI is InChI=1S/C7H10N2O4/c8-3-4(7(12)13)9-5(10)1-2-6(9)11/h1-2,4-5,10H,3,8H2,(H,12,13). The van der Waals surface area contributed by atoms with Crippen LogP contribution in [0.2, 0.25) is 0 Å². The quantitative estimate of drug-likeness (QED) is 0.478. The molecule has 1 rings (SSSR count). The number of rotatable bonds is 3. The van der Waals surface area contributed by atoms with Crippen molar-refractivity contribution in [3.05, 3.63) is 12.2 Å². The summed E-state index contributed by atoms with van der Waals surface area (Å²) >= 11 is 0. The van der Waals surface area contributed by atoms with Gasteiger partial charge < -0.3 is 15.9 Å². The van der Waals surface area contributed by atoms with E-state index in [1.807, 2.05) is 0 Å². The predicted octanol–water partition coefficient (Wildman–Crippen LogP) is -1.88. The van der Waals surface area contributed by atoms with E-state index in [1.54, 1.807) is 0 Å². The van der Waals surface area contributed by atoms with Crippen molar-refractivity contribution in [1.82, 2.24) is 4.90 Å². The first-order valence-corrected chi connectivity index (χ1v) is 3.69. The monoisotopic (exact) mass is 186 g/mol. The summed E-state index contributed by atoms with van der Waals surface area (Å²) in [6, 6.07) is -1.17. The minimum absolute atomic E-state index is 0.222. The van der Waals surface area contributed by atoms with Crippen LogP contribution in [-0.4, -0.2) is 45.8 Å². The number of carbonyl (C=O) groups is 2. The van der Waals surface area contributed by atoms with E-state index >= 15 is 0 Å². The normalized spacial score (nSPS) is 23.7. The van der Waals surface area contributed by atoms with E-state index in [-0.39, 0.29) is 6.54 Å². The van der Waals surface area contributed by atoms with Crippen LogP contribution in [0.1, 0.15) is 0 Å². The van der Waals surface area contributed by atoms with Crippen LogP contribution in [0.3, 0.4) is 0 Å². The van der Waals surface area contributed by atoms with Gasteiger partial charge in [0.15, 0.2) is 0 Å². The smallest absolute Gasteiger partial charge is 0.327 e. The number of aliphatic hydroxyl groups is 1. The van der Waals surface area contributed by atoms with E-state index < -0.39 is 24.1 Å². The van der Waals surface area contributed by atoms with Crippen LogP contribution in [0.25, 0.3) is 0 Å². The van der Waals surface area contributed by atoms with Crippen molar-refractivity contribution in [2.24, 2.45) is 5.73 Å². The summed E-state index contributed by atoms with van der Waals surface area (Å²) in [6.45, 7) is -0.222. The van der Waals surface area contributed by atoms with E-state index in [4.69, 9.17) is 10.8 Å². The number of carbonyl (C=O) groups excluding carboxylic acids is 1. The Morgan fingerprint density at radius 2 is 2.38 bits per heavy atom. The van der Waals surface area contributed by atoms with Crippen molar-refractivity contribution in [2.45, 2.75) is 12.3 Å². The Morgan fingerprint density at radius 3 is 2.69 bits per heavy atom. The first-order chi connectivity index (χ1) is 6.07. The number of aliphatic hydroxyl groups excluding tert-OH is 1. The van der Waals surface area contributed by atoms with Crippen LogP contribution in [-0.2, 0) is 9.59 Å². The molecular weight excluding hydrogens is 176 g/mol. The first-order valence-electron chi connectivity index (χ1n) is 3.69. The van der Waals surface area contributed by atoms with E-state index in [9.17, 15) is 14.7 Å². The number of hydrogen-bond acceptors (Lipinski definition) is 4. The number of hydrogen-bond donors (Lipinski definition) is 3. The molecule has 0 saturated carbocycles. The maximum Gasteiger partial charge on any atom is 0.327 e. The second-order valence-electron chi connectivity index (χ2n) is 2.61. The second kappa shape index (κ2) is 3.55. The Bertz CT molecular complexity index is 263. The highest BCUT2D eigenvalue weighted by molar-refractivity contribution is 5.93. The third-order valence-corrected chi connectivity index (χ3v) is 1.79. The van der Waals surface area contributed by atoms with Gasteiger partial charge in [0.1, 0.15) is 12.3 Å². The fourth-order valence-electron chi connectivity index (χ4n) is 1.15. The Labute approximate surface area is 74.2 Å². The highest BCUT2D eigenvalue weighted by Gasteiger charge is 2.34. The van der Waals surface area contributed by atoms with Crippen molar-refractivity contribution in [1.29, 1.82) is 0 Å². The average molecular weight is 186 g/mol. The van der Waals surface area contributed by atoms with Gasteiger partial charge in [0, 0.05) is 12.6 Å². The van der Waals surface area contributed by atoms with Gasteiger partial charge in [0.25, 0.3) is 0 Å². The van der Waals surface area contributed by atoms with Crippen molar-refractivity contribution >= 4 is 11.9 Å². The highest BCUT2D eigenvalue weighted by atomic mass is 16.4. The van der Waals surface area contributed by atoms with Gasteiger partial charge in [-0.05, 0) is 6.08 Å². The van der Waals surface area contributed by atoms with Crippen LogP contribution >= 0.6 is 0 Å². The van der Waals surface area contributed by atoms with E-state index in [2.05, 4.69) is 0 Å². The van der Waals surface area contributed by atoms with Crippen molar-refractivity contribution in [3.8, 4) is 0 Å². The van der Waals surface area contributed by atoms with Crippen molar-refractivity contribution in [2.75, 3.05) is 6.54 Å². The third kappa shape index (κ3) is 1.68. The molecule has 1 heterocycles. The van der Waals surface area contributed by atoms with E-state index in [0.717, 1.165) is 11.0 Å². The molecule has 1 amide bonds. The van der Waals surface area contributed by atoms with Gasteiger partial charge >= 0.3 is 5.97 Å². The fourth-order valence-corrected chi connectivity index (χ4v) is 1.15. The lowest BCUT2D eigenvalue weighted by Crippen LogP contribution is -2.50. The van der Waals surface area contributed by atoms with Crippen LogP contribution < -0.4 is 5.73 Å². The molecule has 6 heteroatoms. The first kappa shape index (κ1) is 9.69. The minimum Gasteiger partial charge on any atom is -0.480 e. The maximum atomic E-state index is 11.0. The largest absolute Gasteiger partial charge is 0.480 e. The molecule has 0 aromatic rings.